The van der Waals surface area contributed by atoms with E-state index in [-0.39, 0.29) is 5.91 Å². The summed E-state index contributed by atoms with van der Waals surface area (Å²) in [5, 5.41) is 23.0. The molecule has 2 rings (SSSR count). The molecular formula is C12H14BrNO3. The van der Waals surface area contributed by atoms with Gasteiger partial charge in [-0.1, -0.05) is 28.1 Å². The first-order valence-electron chi connectivity index (χ1n) is 5.46. The summed E-state index contributed by atoms with van der Waals surface area (Å²) in [5.41, 5.74) is 2.10. The molecule has 1 aromatic rings. The summed E-state index contributed by atoms with van der Waals surface area (Å²) in [4.78, 5) is 11.5. The van der Waals surface area contributed by atoms with E-state index >= 15 is 0 Å². The molecule has 92 valence electrons. The fourth-order valence-corrected chi connectivity index (χ4v) is 2.38. The number of carbonyl (C=O) groups is 1. The van der Waals surface area contributed by atoms with Crippen molar-refractivity contribution in [3.8, 4) is 0 Å². The number of carbonyl (C=O) groups excluding carboxylic acids is 1. The zero-order chi connectivity index (χ0) is 12.4. The number of aliphatic hydroxyl groups is 2. The van der Waals surface area contributed by atoms with Crippen molar-refractivity contribution in [2.45, 2.75) is 25.2 Å². The Bertz CT molecular complexity index is 436. The summed E-state index contributed by atoms with van der Waals surface area (Å²) in [6.45, 7) is 0.536. The molecule has 1 aliphatic heterocycles. The van der Waals surface area contributed by atoms with Crippen LogP contribution < -0.4 is 5.32 Å². The first kappa shape index (κ1) is 12.5. The van der Waals surface area contributed by atoms with Gasteiger partial charge in [0.15, 0.2) is 0 Å². The second-order valence-corrected chi connectivity index (χ2v) is 4.88. The number of amides is 1. The molecule has 1 amide bonds. The van der Waals surface area contributed by atoms with E-state index < -0.39 is 12.2 Å². The van der Waals surface area contributed by atoms with E-state index in [1.54, 1.807) is 12.1 Å². The molecule has 1 aromatic carbocycles. The van der Waals surface area contributed by atoms with Crippen LogP contribution in [0.1, 0.15) is 34.0 Å². The van der Waals surface area contributed by atoms with Gasteiger partial charge in [0.25, 0.3) is 5.91 Å². The third-order valence-electron chi connectivity index (χ3n) is 2.93. The molecule has 0 spiro atoms. The van der Waals surface area contributed by atoms with E-state index in [1.807, 2.05) is 6.07 Å². The predicted octanol–water partition coefficient (Wildman–Crippen LogP) is 1.11. The fourth-order valence-electron chi connectivity index (χ4n) is 1.91. The van der Waals surface area contributed by atoms with E-state index in [4.69, 9.17) is 0 Å². The van der Waals surface area contributed by atoms with Crippen LogP contribution in [0.3, 0.4) is 0 Å². The topological polar surface area (TPSA) is 69.6 Å². The summed E-state index contributed by atoms with van der Waals surface area (Å²) in [6, 6.07) is 5.22. The third kappa shape index (κ3) is 2.51. The number of hydrogen-bond acceptors (Lipinski definition) is 3. The van der Waals surface area contributed by atoms with Crippen molar-refractivity contribution in [3.63, 3.8) is 0 Å². The van der Waals surface area contributed by atoms with Crippen LogP contribution in [0, 0.1) is 0 Å². The van der Waals surface area contributed by atoms with Crippen molar-refractivity contribution < 1.29 is 15.0 Å². The minimum Gasteiger partial charge on any atom is -0.390 e. The zero-order valence-electron chi connectivity index (χ0n) is 9.19. The Balaban J connectivity index is 2.22. The van der Waals surface area contributed by atoms with Crippen LogP contribution in [0.15, 0.2) is 18.2 Å². The fraction of sp³-hybridized carbons (Fsp3) is 0.417. The van der Waals surface area contributed by atoms with Crippen LogP contribution in [0.25, 0.3) is 0 Å². The normalized spacial score (nSPS) is 17.5. The largest absolute Gasteiger partial charge is 0.390 e. The highest BCUT2D eigenvalue weighted by Crippen LogP contribution is 2.24. The molecular weight excluding hydrogens is 286 g/mol. The first-order valence-corrected chi connectivity index (χ1v) is 6.58. The van der Waals surface area contributed by atoms with Crippen LogP contribution in [0.2, 0.25) is 0 Å². The van der Waals surface area contributed by atoms with Gasteiger partial charge < -0.3 is 15.5 Å². The molecule has 1 heterocycles. The van der Waals surface area contributed by atoms with Crippen molar-refractivity contribution in [1.82, 2.24) is 5.32 Å². The van der Waals surface area contributed by atoms with Crippen LogP contribution in [-0.4, -0.2) is 27.6 Å². The number of benzene rings is 1. The Hall–Kier alpha value is -0.910. The van der Waals surface area contributed by atoms with Crippen molar-refractivity contribution in [2.75, 3.05) is 5.33 Å². The highest BCUT2D eigenvalue weighted by molar-refractivity contribution is 9.09. The second-order valence-electron chi connectivity index (χ2n) is 4.09. The lowest BCUT2D eigenvalue weighted by Gasteiger charge is -2.17. The number of halogens is 1. The van der Waals surface area contributed by atoms with Gasteiger partial charge in [0.05, 0.1) is 6.10 Å². The monoisotopic (exact) mass is 299 g/mol. The molecule has 0 fully saturated rings. The van der Waals surface area contributed by atoms with Gasteiger partial charge in [-0.05, 0) is 23.6 Å². The second kappa shape index (κ2) is 5.16. The molecule has 3 N–H and O–H groups in total. The Labute approximate surface area is 108 Å². The van der Waals surface area contributed by atoms with E-state index in [0.29, 0.717) is 29.4 Å². The SMILES string of the molecule is O=C1NCc2ccc(C(O)C(O)CCBr)cc21. The molecule has 5 heteroatoms. The lowest BCUT2D eigenvalue weighted by molar-refractivity contribution is 0.0173. The minimum absolute atomic E-state index is 0.121. The molecule has 0 saturated carbocycles. The Kier molecular flexibility index (Phi) is 3.81. The van der Waals surface area contributed by atoms with Crippen LogP contribution >= 0.6 is 15.9 Å². The van der Waals surface area contributed by atoms with Gasteiger partial charge in [-0.15, -0.1) is 0 Å². The molecule has 2 atom stereocenters. The highest BCUT2D eigenvalue weighted by atomic mass is 79.9. The van der Waals surface area contributed by atoms with Crippen molar-refractivity contribution in [1.29, 1.82) is 0 Å². The summed E-state index contributed by atoms with van der Waals surface area (Å²) >= 11 is 3.21. The Morgan fingerprint density at radius 2 is 2.18 bits per heavy atom. The van der Waals surface area contributed by atoms with Crippen molar-refractivity contribution in [2.24, 2.45) is 0 Å². The smallest absolute Gasteiger partial charge is 0.251 e. The Morgan fingerprint density at radius 3 is 2.88 bits per heavy atom. The van der Waals surface area contributed by atoms with Gasteiger partial charge in [-0.2, -0.15) is 0 Å². The molecule has 0 aliphatic carbocycles. The molecule has 17 heavy (non-hydrogen) atoms. The quantitative estimate of drug-likeness (QED) is 0.730. The zero-order valence-corrected chi connectivity index (χ0v) is 10.8. The van der Waals surface area contributed by atoms with Crippen LogP contribution in [-0.2, 0) is 6.54 Å². The molecule has 0 aromatic heterocycles. The average molecular weight is 300 g/mol. The first-order chi connectivity index (χ1) is 8.13. The highest BCUT2D eigenvalue weighted by Gasteiger charge is 2.23. The summed E-state index contributed by atoms with van der Waals surface area (Å²) in [6.07, 6.45) is -1.31. The van der Waals surface area contributed by atoms with Gasteiger partial charge in [0, 0.05) is 17.4 Å². The number of alkyl halides is 1. The predicted molar refractivity (Wildman–Crippen MR) is 67.0 cm³/mol. The van der Waals surface area contributed by atoms with Gasteiger partial charge >= 0.3 is 0 Å². The number of nitrogens with one attached hydrogen (secondary N) is 1. The van der Waals surface area contributed by atoms with Gasteiger partial charge in [-0.25, -0.2) is 0 Å². The number of rotatable bonds is 4. The van der Waals surface area contributed by atoms with E-state index in [1.165, 1.54) is 0 Å². The van der Waals surface area contributed by atoms with Crippen molar-refractivity contribution in [3.05, 3.63) is 34.9 Å². The molecule has 4 nitrogen and oxygen atoms in total. The lowest BCUT2D eigenvalue weighted by atomic mass is 9.98. The molecule has 0 bridgehead atoms. The van der Waals surface area contributed by atoms with Crippen molar-refractivity contribution >= 4 is 21.8 Å². The van der Waals surface area contributed by atoms with E-state index in [2.05, 4.69) is 21.2 Å². The Morgan fingerprint density at radius 1 is 1.41 bits per heavy atom. The summed E-state index contributed by atoms with van der Waals surface area (Å²) in [7, 11) is 0. The van der Waals surface area contributed by atoms with Gasteiger partial charge in [0.2, 0.25) is 0 Å². The average Bonchev–Trinajstić information content (AvgIpc) is 2.70. The number of aliphatic hydroxyl groups excluding tert-OH is 2. The van der Waals surface area contributed by atoms with Gasteiger partial charge in [0.1, 0.15) is 6.10 Å². The molecule has 0 saturated heterocycles. The standard InChI is InChI=1S/C12H14BrNO3/c13-4-3-10(15)11(16)7-1-2-8-6-14-12(17)9(8)5-7/h1-2,5,10-11,15-16H,3-4,6H2,(H,14,17). The van der Waals surface area contributed by atoms with E-state index in [0.717, 1.165) is 5.56 Å². The summed E-state index contributed by atoms with van der Waals surface area (Å²) < 4.78 is 0. The third-order valence-corrected chi connectivity index (χ3v) is 3.39. The van der Waals surface area contributed by atoms with Gasteiger partial charge in [-0.3, -0.25) is 4.79 Å². The minimum atomic E-state index is -0.953. The molecule has 2 unspecified atom stereocenters. The molecule has 1 aliphatic rings. The summed E-state index contributed by atoms with van der Waals surface area (Å²) in [5.74, 6) is -0.121. The number of fused-ring (bicyclic) bond motifs is 1. The van der Waals surface area contributed by atoms with Crippen LogP contribution in [0.4, 0.5) is 0 Å². The molecule has 0 radical (unpaired) electrons. The maximum atomic E-state index is 11.5. The maximum absolute atomic E-state index is 11.5. The van der Waals surface area contributed by atoms with E-state index in [9.17, 15) is 15.0 Å². The number of hydrogen-bond donors (Lipinski definition) is 3. The maximum Gasteiger partial charge on any atom is 0.251 e. The lowest BCUT2D eigenvalue weighted by Crippen LogP contribution is -2.19. The van der Waals surface area contributed by atoms with Crippen LogP contribution in [0.5, 0.6) is 0 Å².